The average molecular weight is 661 g/mol. The van der Waals surface area contributed by atoms with Crippen LogP contribution in [0, 0.1) is 11.8 Å². The van der Waals surface area contributed by atoms with E-state index < -0.39 is 53.6 Å². The van der Waals surface area contributed by atoms with Gasteiger partial charge in [0.2, 0.25) is 17.7 Å². The third-order valence-electron chi connectivity index (χ3n) is 8.66. The predicted octanol–water partition coefficient (Wildman–Crippen LogP) is 2.91. The van der Waals surface area contributed by atoms with Crippen LogP contribution in [0.3, 0.4) is 0 Å². The fraction of sp³-hybridized carbons (Fsp3) is 0.562. The van der Waals surface area contributed by atoms with Crippen molar-refractivity contribution < 1.29 is 33.8 Å². The molecule has 3 fully saturated rings. The van der Waals surface area contributed by atoms with Crippen molar-refractivity contribution in [3.05, 3.63) is 61.2 Å². The van der Waals surface area contributed by atoms with Gasteiger partial charge in [0, 0.05) is 30.4 Å². The Morgan fingerprint density at radius 1 is 1.23 bits per heavy atom. The van der Waals surface area contributed by atoms with E-state index in [4.69, 9.17) is 9.47 Å². The van der Waals surface area contributed by atoms with E-state index in [0.29, 0.717) is 18.4 Å². The number of β-amino-alcohol motifs (C(OH)–C–C–N with tert-alkyl or cyclic N) is 1. The Bertz CT molecular complexity index is 1230. The largest absolute Gasteiger partial charge is 0.455 e. The smallest absolute Gasteiger partial charge is 0.313 e. The molecule has 1 aromatic carbocycles. The Morgan fingerprint density at radius 2 is 1.93 bits per heavy atom. The number of aliphatic hydroxyl groups excluding tert-OH is 1. The topological polar surface area (TPSA) is 125 Å². The number of fused-ring (bicyclic) bond motifs is 1. The number of carbonyl (C=O) groups is 4. The van der Waals surface area contributed by atoms with Gasteiger partial charge in [0.1, 0.15) is 17.7 Å². The van der Waals surface area contributed by atoms with Crippen molar-refractivity contribution in [2.75, 3.05) is 19.7 Å². The Labute approximate surface area is 261 Å². The number of allylic oxidation sites excluding steroid dienone is 1. The maximum Gasteiger partial charge on any atom is 0.313 e. The van der Waals surface area contributed by atoms with Gasteiger partial charge in [0.25, 0.3) is 0 Å². The zero-order valence-electron chi connectivity index (χ0n) is 25.0. The molecular formula is C32H42BrN3O7. The summed E-state index contributed by atoms with van der Waals surface area (Å²) in [6.45, 7) is 12.8. The van der Waals surface area contributed by atoms with Crippen LogP contribution in [0.5, 0.6) is 0 Å². The van der Waals surface area contributed by atoms with E-state index >= 15 is 0 Å². The number of amides is 3. The predicted molar refractivity (Wildman–Crippen MR) is 164 cm³/mol. The van der Waals surface area contributed by atoms with Crippen molar-refractivity contribution in [3.63, 3.8) is 0 Å². The van der Waals surface area contributed by atoms with Gasteiger partial charge in [-0.15, -0.1) is 13.2 Å². The maximum absolute atomic E-state index is 14.1. The number of halogens is 1. The monoisotopic (exact) mass is 659 g/mol. The third kappa shape index (κ3) is 6.17. The molecule has 0 saturated carbocycles. The zero-order chi connectivity index (χ0) is 31.5. The molecule has 3 heterocycles. The number of benzene rings is 1. The first kappa shape index (κ1) is 32.9. The summed E-state index contributed by atoms with van der Waals surface area (Å²) in [7, 11) is 0. The number of alkyl halides is 1. The van der Waals surface area contributed by atoms with E-state index in [1.807, 2.05) is 44.2 Å². The van der Waals surface area contributed by atoms with E-state index in [0.717, 1.165) is 0 Å². The lowest BCUT2D eigenvalue weighted by atomic mass is 9.70. The van der Waals surface area contributed by atoms with Crippen molar-refractivity contribution >= 4 is 39.6 Å². The lowest BCUT2D eigenvalue weighted by Crippen LogP contribution is -2.58. The van der Waals surface area contributed by atoms with Crippen LogP contribution in [-0.4, -0.2) is 93.0 Å². The molecule has 234 valence electrons. The normalized spacial score (nSPS) is 28.7. The molecule has 1 unspecified atom stereocenters. The van der Waals surface area contributed by atoms with Crippen molar-refractivity contribution in [1.82, 2.24) is 15.1 Å². The number of rotatable bonds is 14. The molecule has 10 nitrogen and oxygen atoms in total. The zero-order valence-corrected chi connectivity index (χ0v) is 26.6. The second kappa shape index (κ2) is 13.7. The van der Waals surface area contributed by atoms with Gasteiger partial charge >= 0.3 is 5.97 Å². The van der Waals surface area contributed by atoms with Gasteiger partial charge in [-0.05, 0) is 39.2 Å². The fourth-order valence-electron chi connectivity index (χ4n) is 6.82. The summed E-state index contributed by atoms with van der Waals surface area (Å²) in [4.78, 5) is 57.5. The van der Waals surface area contributed by atoms with Crippen molar-refractivity contribution in [2.24, 2.45) is 11.8 Å². The number of hydrogen-bond donors (Lipinski definition) is 2. The molecule has 2 N–H and O–H groups in total. The summed E-state index contributed by atoms with van der Waals surface area (Å²) in [5, 5.41) is 12.8. The van der Waals surface area contributed by atoms with Crippen LogP contribution < -0.4 is 5.32 Å². The van der Waals surface area contributed by atoms with Gasteiger partial charge in [-0.25, -0.2) is 0 Å². The molecule has 43 heavy (non-hydrogen) atoms. The number of hydrogen-bond acceptors (Lipinski definition) is 7. The molecule has 11 heteroatoms. The molecule has 4 rings (SSSR count). The van der Waals surface area contributed by atoms with Crippen LogP contribution in [0.1, 0.15) is 51.7 Å². The summed E-state index contributed by atoms with van der Waals surface area (Å²) in [6.07, 6.45) is 2.86. The van der Waals surface area contributed by atoms with E-state index in [1.54, 1.807) is 24.0 Å². The molecule has 8 atom stereocenters. The molecule has 1 spiro atoms. The SMILES string of the molecule is C=CCCC(=O)N[C@H](C)[C@@H](OC(=O)[C@H]1[C@@H]2O[C@@]3(CC2Br)[C@@H]1C(=O)N(CCO)[C@@H]3C(=O)N(CC=C)C(C)C)c1ccccc1. The molecule has 3 amide bonds. The van der Waals surface area contributed by atoms with Crippen molar-refractivity contribution in [1.29, 1.82) is 0 Å². The summed E-state index contributed by atoms with van der Waals surface area (Å²) in [5.74, 6) is -3.53. The number of ether oxygens (including phenoxy) is 2. The van der Waals surface area contributed by atoms with Crippen LogP contribution >= 0.6 is 15.9 Å². The number of carbonyl (C=O) groups excluding carboxylic acids is 4. The average Bonchev–Trinajstić information content (AvgIpc) is 3.56. The summed E-state index contributed by atoms with van der Waals surface area (Å²) >= 11 is 3.67. The van der Waals surface area contributed by atoms with Crippen LogP contribution in [0.15, 0.2) is 55.6 Å². The van der Waals surface area contributed by atoms with Crippen molar-refractivity contribution in [2.45, 2.75) is 80.8 Å². The quantitative estimate of drug-likeness (QED) is 0.179. The minimum absolute atomic E-state index is 0.0727. The number of aliphatic hydroxyl groups is 1. The molecule has 0 aromatic heterocycles. The van der Waals surface area contributed by atoms with Gasteiger partial charge in [-0.3, -0.25) is 19.2 Å². The van der Waals surface area contributed by atoms with E-state index in [1.165, 1.54) is 4.90 Å². The molecule has 2 bridgehead atoms. The molecule has 1 aromatic rings. The number of nitrogens with one attached hydrogen (secondary N) is 1. The minimum Gasteiger partial charge on any atom is -0.455 e. The summed E-state index contributed by atoms with van der Waals surface area (Å²) < 4.78 is 12.7. The van der Waals surface area contributed by atoms with Gasteiger partial charge in [-0.1, -0.05) is 58.4 Å². The minimum atomic E-state index is -1.27. The van der Waals surface area contributed by atoms with E-state index in [-0.39, 0.29) is 48.8 Å². The highest BCUT2D eigenvalue weighted by Crippen LogP contribution is 2.60. The highest BCUT2D eigenvalue weighted by molar-refractivity contribution is 9.09. The summed E-state index contributed by atoms with van der Waals surface area (Å²) in [5.41, 5.74) is -0.585. The van der Waals surface area contributed by atoms with Gasteiger partial charge in [0.05, 0.1) is 30.6 Å². The Balaban J connectivity index is 1.67. The molecular weight excluding hydrogens is 618 g/mol. The second-order valence-corrected chi connectivity index (χ2v) is 12.9. The first-order chi connectivity index (χ1) is 20.5. The number of likely N-dealkylation sites (tertiary alicyclic amines) is 1. The van der Waals surface area contributed by atoms with E-state index in [2.05, 4.69) is 34.4 Å². The standard InChI is InChI=1S/C32H42BrN3O7/c1-6-8-14-23(38)34-20(5)26(21-12-10-9-11-13-21)42-31(41)24-25-29(39)36(16-17-37)28(30(40)35(15-7-2)19(3)4)32(25)18-22(33)27(24)43-32/h6-7,9-13,19-20,22,24-28,37H,1-2,8,14-18H2,3-5H3,(H,34,38)/t20-,22?,24-,25+,26-,27-,28-,32+/m1/s1. The Kier molecular flexibility index (Phi) is 10.5. The first-order valence-electron chi connectivity index (χ1n) is 14.8. The second-order valence-electron chi connectivity index (χ2n) is 11.7. The van der Waals surface area contributed by atoms with Gasteiger partial charge in [0.15, 0.2) is 0 Å². The lowest BCUT2D eigenvalue weighted by Gasteiger charge is -2.38. The van der Waals surface area contributed by atoms with Crippen LogP contribution in [0.4, 0.5) is 0 Å². The van der Waals surface area contributed by atoms with E-state index in [9.17, 15) is 24.3 Å². The lowest BCUT2D eigenvalue weighted by molar-refractivity contribution is -0.162. The highest BCUT2D eigenvalue weighted by atomic mass is 79.9. The molecule has 3 aliphatic heterocycles. The fourth-order valence-corrected chi connectivity index (χ4v) is 7.76. The number of esters is 1. The first-order valence-corrected chi connectivity index (χ1v) is 15.7. The van der Waals surface area contributed by atoms with Crippen LogP contribution in [-0.2, 0) is 28.7 Å². The molecule has 0 radical (unpaired) electrons. The Morgan fingerprint density at radius 3 is 2.53 bits per heavy atom. The van der Waals surface area contributed by atoms with Crippen LogP contribution in [0.25, 0.3) is 0 Å². The third-order valence-corrected chi connectivity index (χ3v) is 9.50. The summed E-state index contributed by atoms with van der Waals surface area (Å²) in [6, 6.07) is 7.34. The highest BCUT2D eigenvalue weighted by Gasteiger charge is 2.77. The molecule has 3 saturated heterocycles. The molecule has 0 aliphatic carbocycles. The number of nitrogens with zero attached hydrogens (tertiary/aromatic N) is 2. The van der Waals surface area contributed by atoms with Gasteiger partial charge < -0.3 is 29.7 Å². The maximum atomic E-state index is 14.1. The molecule has 3 aliphatic rings. The Hall–Kier alpha value is -3.02. The van der Waals surface area contributed by atoms with Crippen molar-refractivity contribution in [3.8, 4) is 0 Å². The van der Waals surface area contributed by atoms with Crippen LogP contribution in [0.2, 0.25) is 0 Å². The van der Waals surface area contributed by atoms with Gasteiger partial charge in [-0.2, -0.15) is 0 Å².